The van der Waals surface area contributed by atoms with Crippen LogP contribution in [-0.2, 0) is 16.0 Å². The van der Waals surface area contributed by atoms with Crippen LogP contribution in [0.25, 0.3) is 0 Å². The van der Waals surface area contributed by atoms with Crippen molar-refractivity contribution < 1.29 is 14.3 Å². The van der Waals surface area contributed by atoms with E-state index in [4.69, 9.17) is 4.74 Å². The van der Waals surface area contributed by atoms with Crippen LogP contribution in [-0.4, -0.2) is 31.2 Å². The van der Waals surface area contributed by atoms with E-state index in [0.717, 1.165) is 12.8 Å². The molecule has 2 N–H and O–H groups in total. The summed E-state index contributed by atoms with van der Waals surface area (Å²) in [5.41, 5.74) is 1.24. The number of benzene rings is 1. The third-order valence-corrected chi connectivity index (χ3v) is 3.49. The van der Waals surface area contributed by atoms with Crippen molar-refractivity contribution in [3.63, 3.8) is 0 Å². The van der Waals surface area contributed by atoms with E-state index in [9.17, 15) is 9.59 Å². The Morgan fingerprint density at radius 2 is 1.73 bits per heavy atom. The Morgan fingerprint density at radius 3 is 2.27 bits per heavy atom. The third-order valence-electron chi connectivity index (χ3n) is 3.49. The Morgan fingerprint density at radius 1 is 1.09 bits per heavy atom. The van der Waals surface area contributed by atoms with Crippen molar-refractivity contribution >= 4 is 12.0 Å². The highest BCUT2D eigenvalue weighted by Gasteiger charge is 2.25. The van der Waals surface area contributed by atoms with Crippen LogP contribution in [0.3, 0.4) is 0 Å². The van der Waals surface area contributed by atoms with E-state index in [2.05, 4.69) is 22.8 Å². The summed E-state index contributed by atoms with van der Waals surface area (Å²) in [6, 6.07) is 9.17. The summed E-state index contributed by atoms with van der Waals surface area (Å²) >= 11 is 0. The lowest BCUT2D eigenvalue weighted by Gasteiger charge is -2.22. The predicted octanol–water partition coefficient (Wildman–Crippen LogP) is 2.50. The fourth-order valence-electron chi connectivity index (χ4n) is 2.13. The van der Waals surface area contributed by atoms with Gasteiger partial charge in [0.25, 0.3) is 0 Å². The first-order chi connectivity index (χ1) is 10.4. The van der Waals surface area contributed by atoms with E-state index in [1.807, 2.05) is 39.0 Å². The van der Waals surface area contributed by atoms with Gasteiger partial charge in [-0.2, -0.15) is 0 Å². The molecule has 1 aromatic carbocycles. The van der Waals surface area contributed by atoms with E-state index < -0.39 is 12.0 Å². The molecule has 0 spiro atoms. The van der Waals surface area contributed by atoms with Crippen LogP contribution < -0.4 is 10.6 Å². The fourth-order valence-corrected chi connectivity index (χ4v) is 2.13. The average molecular weight is 306 g/mol. The van der Waals surface area contributed by atoms with Gasteiger partial charge in [-0.15, -0.1) is 0 Å². The van der Waals surface area contributed by atoms with Crippen molar-refractivity contribution in [2.45, 2.75) is 45.7 Å². The first-order valence-electron chi connectivity index (χ1n) is 7.62. The molecule has 0 unspecified atom stereocenters. The van der Waals surface area contributed by atoms with E-state index in [0.29, 0.717) is 0 Å². The molecule has 0 fully saturated rings. The summed E-state index contributed by atoms with van der Waals surface area (Å²) in [6.07, 6.45) is 1.73. The number of nitrogens with one attached hydrogen (secondary N) is 2. The van der Waals surface area contributed by atoms with E-state index >= 15 is 0 Å². The van der Waals surface area contributed by atoms with Gasteiger partial charge in [0.2, 0.25) is 0 Å². The third kappa shape index (κ3) is 6.16. The second-order valence-corrected chi connectivity index (χ2v) is 5.79. The molecule has 0 aliphatic rings. The molecule has 0 aliphatic carbocycles. The number of rotatable bonds is 7. The van der Waals surface area contributed by atoms with Crippen molar-refractivity contribution in [1.29, 1.82) is 0 Å². The molecule has 0 saturated carbocycles. The SMILES string of the molecule is COC(=O)[C@@H](NC(=O)N[C@@H](C)CCc1ccccc1)C(C)C. The van der Waals surface area contributed by atoms with Gasteiger partial charge in [0.1, 0.15) is 6.04 Å². The van der Waals surface area contributed by atoms with Gasteiger partial charge >= 0.3 is 12.0 Å². The number of carbonyl (C=O) groups excluding carboxylic acids is 2. The Labute approximate surface area is 132 Å². The molecule has 2 atom stereocenters. The number of hydrogen-bond acceptors (Lipinski definition) is 3. The topological polar surface area (TPSA) is 67.4 Å². The zero-order chi connectivity index (χ0) is 16.5. The molecule has 0 radical (unpaired) electrons. The molecule has 5 nitrogen and oxygen atoms in total. The average Bonchev–Trinajstić information content (AvgIpc) is 2.50. The van der Waals surface area contributed by atoms with E-state index in [-0.39, 0.29) is 18.0 Å². The van der Waals surface area contributed by atoms with Crippen molar-refractivity contribution in [2.75, 3.05) is 7.11 Å². The van der Waals surface area contributed by atoms with Gasteiger partial charge in [-0.05, 0) is 31.2 Å². The molecule has 2 amide bonds. The number of esters is 1. The van der Waals surface area contributed by atoms with Crippen molar-refractivity contribution in [3.8, 4) is 0 Å². The molecule has 5 heteroatoms. The predicted molar refractivity (Wildman–Crippen MR) is 86.5 cm³/mol. The van der Waals surface area contributed by atoms with Gasteiger partial charge in [-0.3, -0.25) is 0 Å². The van der Waals surface area contributed by atoms with Crippen LogP contribution in [0.4, 0.5) is 4.79 Å². The lowest BCUT2D eigenvalue weighted by Crippen LogP contribution is -2.50. The van der Waals surface area contributed by atoms with Gasteiger partial charge in [0.15, 0.2) is 0 Å². The highest BCUT2D eigenvalue weighted by atomic mass is 16.5. The molecular weight excluding hydrogens is 280 g/mol. The van der Waals surface area contributed by atoms with Gasteiger partial charge in [0, 0.05) is 6.04 Å². The maximum atomic E-state index is 12.0. The number of methoxy groups -OCH3 is 1. The van der Waals surface area contributed by atoms with Crippen LogP contribution in [0.1, 0.15) is 32.8 Å². The lowest BCUT2D eigenvalue weighted by atomic mass is 10.0. The Hall–Kier alpha value is -2.04. The first kappa shape index (κ1) is 18.0. The fraction of sp³-hybridized carbons (Fsp3) is 0.529. The van der Waals surface area contributed by atoms with Crippen LogP contribution >= 0.6 is 0 Å². The maximum absolute atomic E-state index is 12.0. The second-order valence-electron chi connectivity index (χ2n) is 5.79. The van der Waals surface area contributed by atoms with Gasteiger partial charge in [0.05, 0.1) is 7.11 Å². The standard InChI is InChI=1S/C17H26N2O3/c1-12(2)15(16(20)22-4)19-17(21)18-13(3)10-11-14-8-6-5-7-9-14/h5-9,12-13,15H,10-11H2,1-4H3,(H2,18,19,21)/t13-,15-/m0/s1. The minimum Gasteiger partial charge on any atom is -0.467 e. The Kier molecular flexibility index (Phi) is 7.43. The monoisotopic (exact) mass is 306 g/mol. The van der Waals surface area contributed by atoms with Crippen molar-refractivity contribution in [3.05, 3.63) is 35.9 Å². The molecule has 1 aromatic rings. The van der Waals surface area contributed by atoms with Crippen molar-refractivity contribution in [1.82, 2.24) is 10.6 Å². The summed E-state index contributed by atoms with van der Waals surface area (Å²) in [7, 11) is 1.32. The van der Waals surface area contributed by atoms with Gasteiger partial charge < -0.3 is 15.4 Å². The molecule has 0 aromatic heterocycles. The van der Waals surface area contributed by atoms with Crippen LogP contribution in [0.15, 0.2) is 30.3 Å². The number of ether oxygens (including phenoxy) is 1. The molecular formula is C17H26N2O3. The zero-order valence-corrected chi connectivity index (χ0v) is 13.8. The summed E-state index contributed by atoms with van der Waals surface area (Å²) in [5.74, 6) is -0.458. The summed E-state index contributed by atoms with van der Waals surface area (Å²) < 4.78 is 4.70. The van der Waals surface area contributed by atoms with Gasteiger partial charge in [-0.25, -0.2) is 9.59 Å². The number of urea groups is 1. The summed E-state index contributed by atoms with van der Waals surface area (Å²) in [5, 5.41) is 5.53. The second kappa shape index (κ2) is 9.07. The molecule has 0 saturated heterocycles. The minimum absolute atomic E-state index is 0.0191. The molecule has 22 heavy (non-hydrogen) atoms. The molecule has 0 heterocycles. The molecule has 1 rings (SSSR count). The molecule has 122 valence electrons. The smallest absolute Gasteiger partial charge is 0.328 e. The van der Waals surface area contributed by atoms with Crippen molar-refractivity contribution in [2.24, 2.45) is 5.92 Å². The quantitative estimate of drug-likeness (QED) is 0.761. The van der Waals surface area contributed by atoms with E-state index in [1.165, 1.54) is 12.7 Å². The molecule has 0 aliphatic heterocycles. The molecule has 0 bridgehead atoms. The zero-order valence-electron chi connectivity index (χ0n) is 13.8. The summed E-state index contributed by atoms with van der Waals surface area (Å²) in [4.78, 5) is 23.6. The number of hydrogen-bond donors (Lipinski definition) is 2. The minimum atomic E-state index is -0.633. The largest absolute Gasteiger partial charge is 0.467 e. The Bertz CT molecular complexity index is 474. The van der Waals surface area contributed by atoms with Crippen LogP contribution in [0.2, 0.25) is 0 Å². The van der Waals surface area contributed by atoms with Gasteiger partial charge in [-0.1, -0.05) is 44.2 Å². The number of amides is 2. The first-order valence-corrected chi connectivity index (χ1v) is 7.62. The lowest BCUT2D eigenvalue weighted by molar-refractivity contribution is -0.143. The Balaban J connectivity index is 2.41. The van der Waals surface area contributed by atoms with Crippen LogP contribution in [0, 0.1) is 5.92 Å². The number of aryl methyl sites for hydroxylation is 1. The van der Waals surface area contributed by atoms with Crippen LogP contribution in [0.5, 0.6) is 0 Å². The summed E-state index contributed by atoms with van der Waals surface area (Å²) in [6.45, 7) is 5.67. The normalized spacial score (nSPS) is 13.3. The highest BCUT2D eigenvalue weighted by Crippen LogP contribution is 2.06. The highest BCUT2D eigenvalue weighted by molar-refractivity contribution is 5.83. The number of carbonyl (C=O) groups is 2. The maximum Gasteiger partial charge on any atom is 0.328 e. The van der Waals surface area contributed by atoms with E-state index in [1.54, 1.807) is 0 Å².